The first-order valence-corrected chi connectivity index (χ1v) is 6.01. The van der Waals surface area contributed by atoms with Crippen LogP contribution in [0.4, 0.5) is 0 Å². The lowest BCUT2D eigenvalue weighted by atomic mass is 10.2. The van der Waals surface area contributed by atoms with Crippen molar-refractivity contribution in [3.63, 3.8) is 0 Å². The van der Waals surface area contributed by atoms with Crippen molar-refractivity contribution in [3.05, 3.63) is 44.5 Å². The van der Waals surface area contributed by atoms with Crippen LogP contribution in [0, 0.1) is 0 Å². The average molecular weight is 322 g/mol. The molecule has 0 bridgehead atoms. The first-order valence-electron chi connectivity index (χ1n) is 4.46. The molecular weight excluding hydrogens is 315 g/mol. The molecule has 2 nitrogen and oxygen atoms in total. The SMILES string of the molecule is OCc1ccc(-c2cc(Cl)c(Br)cc2Cl)o1. The van der Waals surface area contributed by atoms with E-state index in [1.807, 2.05) is 0 Å². The van der Waals surface area contributed by atoms with Gasteiger partial charge in [-0.2, -0.15) is 0 Å². The molecule has 2 aromatic rings. The van der Waals surface area contributed by atoms with Crippen molar-refractivity contribution in [1.29, 1.82) is 0 Å². The molecule has 0 atom stereocenters. The van der Waals surface area contributed by atoms with E-state index in [0.29, 0.717) is 27.1 Å². The lowest BCUT2D eigenvalue weighted by Gasteiger charge is -2.03. The summed E-state index contributed by atoms with van der Waals surface area (Å²) in [4.78, 5) is 0. The number of hydrogen-bond donors (Lipinski definition) is 1. The number of halogens is 3. The van der Waals surface area contributed by atoms with E-state index in [1.165, 1.54) is 0 Å². The summed E-state index contributed by atoms with van der Waals surface area (Å²) in [7, 11) is 0. The summed E-state index contributed by atoms with van der Waals surface area (Å²) in [6, 6.07) is 6.87. The minimum absolute atomic E-state index is 0.137. The fourth-order valence-electron chi connectivity index (χ4n) is 1.32. The smallest absolute Gasteiger partial charge is 0.135 e. The summed E-state index contributed by atoms with van der Waals surface area (Å²) in [5.74, 6) is 1.08. The van der Waals surface area contributed by atoms with Crippen molar-refractivity contribution in [2.45, 2.75) is 6.61 Å². The summed E-state index contributed by atoms with van der Waals surface area (Å²) >= 11 is 15.3. The number of aliphatic hydroxyl groups excluding tert-OH is 1. The van der Waals surface area contributed by atoms with Gasteiger partial charge in [0.25, 0.3) is 0 Å². The van der Waals surface area contributed by atoms with Gasteiger partial charge in [0.15, 0.2) is 0 Å². The summed E-state index contributed by atoms with van der Waals surface area (Å²) in [5, 5.41) is 10.00. The van der Waals surface area contributed by atoms with Crippen LogP contribution in [0.15, 0.2) is 33.2 Å². The first-order chi connectivity index (χ1) is 7.61. The molecule has 0 spiro atoms. The van der Waals surface area contributed by atoms with Gasteiger partial charge in [0.1, 0.15) is 18.1 Å². The van der Waals surface area contributed by atoms with E-state index in [9.17, 15) is 0 Å². The van der Waals surface area contributed by atoms with Gasteiger partial charge in [-0.3, -0.25) is 0 Å². The largest absolute Gasteiger partial charge is 0.459 e. The van der Waals surface area contributed by atoms with E-state index in [2.05, 4.69) is 15.9 Å². The van der Waals surface area contributed by atoms with Crippen LogP contribution in [0.25, 0.3) is 11.3 Å². The van der Waals surface area contributed by atoms with Gasteiger partial charge in [-0.05, 0) is 40.2 Å². The topological polar surface area (TPSA) is 33.4 Å². The summed E-state index contributed by atoms with van der Waals surface area (Å²) in [5.41, 5.74) is 0.703. The van der Waals surface area contributed by atoms with Crippen LogP contribution >= 0.6 is 39.1 Å². The Hall–Kier alpha value is -0.480. The van der Waals surface area contributed by atoms with Crippen molar-refractivity contribution >= 4 is 39.1 Å². The van der Waals surface area contributed by atoms with Crippen molar-refractivity contribution < 1.29 is 9.52 Å². The highest BCUT2D eigenvalue weighted by Crippen LogP contribution is 2.36. The fraction of sp³-hybridized carbons (Fsp3) is 0.0909. The highest BCUT2D eigenvalue weighted by molar-refractivity contribution is 9.10. The second-order valence-electron chi connectivity index (χ2n) is 3.17. The predicted octanol–water partition coefficient (Wildman–Crippen LogP) is 4.51. The van der Waals surface area contributed by atoms with E-state index in [1.54, 1.807) is 24.3 Å². The van der Waals surface area contributed by atoms with Gasteiger partial charge in [-0.25, -0.2) is 0 Å². The van der Waals surface area contributed by atoms with Gasteiger partial charge in [0.05, 0.1) is 10.0 Å². The van der Waals surface area contributed by atoms with Crippen molar-refractivity contribution in [1.82, 2.24) is 0 Å². The van der Waals surface area contributed by atoms with E-state index >= 15 is 0 Å². The van der Waals surface area contributed by atoms with Gasteiger partial charge in [-0.1, -0.05) is 23.2 Å². The van der Waals surface area contributed by atoms with E-state index in [4.69, 9.17) is 32.7 Å². The molecule has 84 valence electrons. The molecule has 1 aromatic heterocycles. The van der Waals surface area contributed by atoms with Crippen molar-refractivity contribution in [3.8, 4) is 11.3 Å². The Labute approximate surface area is 111 Å². The van der Waals surface area contributed by atoms with Crippen LogP contribution in [0.2, 0.25) is 10.0 Å². The van der Waals surface area contributed by atoms with E-state index in [-0.39, 0.29) is 6.61 Å². The third kappa shape index (κ3) is 2.28. The number of aliphatic hydroxyl groups is 1. The molecule has 0 aliphatic carbocycles. The minimum atomic E-state index is -0.137. The van der Waals surface area contributed by atoms with Crippen LogP contribution in [-0.4, -0.2) is 5.11 Å². The van der Waals surface area contributed by atoms with Gasteiger partial charge in [0, 0.05) is 10.0 Å². The Bertz CT molecular complexity index is 523. The summed E-state index contributed by atoms with van der Waals surface area (Å²) < 4.78 is 6.12. The molecule has 1 N–H and O–H groups in total. The summed E-state index contributed by atoms with van der Waals surface area (Å²) in [6.45, 7) is -0.137. The van der Waals surface area contributed by atoms with Crippen LogP contribution in [-0.2, 0) is 6.61 Å². The third-order valence-corrected chi connectivity index (χ3v) is 3.60. The molecule has 0 unspecified atom stereocenters. The van der Waals surface area contributed by atoms with Crippen molar-refractivity contribution in [2.75, 3.05) is 0 Å². The molecule has 1 heterocycles. The normalized spacial score (nSPS) is 10.8. The van der Waals surface area contributed by atoms with Gasteiger partial charge in [-0.15, -0.1) is 0 Å². The molecule has 0 saturated heterocycles. The molecule has 0 radical (unpaired) electrons. The zero-order valence-electron chi connectivity index (χ0n) is 8.01. The monoisotopic (exact) mass is 320 g/mol. The van der Waals surface area contributed by atoms with Gasteiger partial charge < -0.3 is 9.52 Å². The Kier molecular flexibility index (Phi) is 3.60. The maximum atomic E-state index is 8.91. The molecule has 1 aromatic carbocycles. The lowest BCUT2D eigenvalue weighted by molar-refractivity contribution is 0.248. The van der Waals surface area contributed by atoms with Crippen LogP contribution < -0.4 is 0 Å². The first kappa shape index (κ1) is 12.0. The van der Waals surface area contributed by atoms with E-state index in [0.717, 1.165) is 4.47 Å². The minimum Gasteiger partial charge on any atom is -0.459 e. The number of hydrogen-bond acceptors (Lipinski definition) is 2. The number of benzene rings is 1. The van der Waals surface area contributed by atoms with Crippen LogP contribution in [0.1, 0.15) is 5.76 Å². The van der Waals surface area contributed by atoms with Gasteiger partial charge >= 0.3 is 0 Å². The van der Waals surface area contributed by atoms with Gasteiger partial charge in [0.2, 0.25) is 0 Å². The predicted molar refractivity (Wildman–Crippen MR) is 67.8 cm³/mol. The Morgan fingerprint density at radius 3 is 2.56 bits per heavy atom. The number of furan rings is 1. The zero-order chi connectivity index (χ0) is 11.7. The lowest BCUT2D eigenvalue weighted by Crippen LogP contribution is -1.79. The van der Waals surface area contributed by atoms with Crippen LogP contribution in [0.3, 0.4) is 0 Å². The molecular formula is C11H7BrCl2O2. The molecule has 0 fully saturated rings. The third-order valence-electron chi connectivity index (χ3n) is 2.09. The Balaban J connectivity index is 2.51. The quantitative estimate of drug-likeness (QED) is 0.826. The molecule has 0 aliphatic rings. The molecule has 0 saturated carbocycles. The molecule has 0 amide bonds. The Morgan fingerprint density at radius 2 is 1.94 bits per heavy atom. The van der Waals surface area contributed by atoms with E-state index < -0.39 is 0 Å². The highest BCUT2D eigenvalue weighted by Gasteiger charge is 2.11. The second-order valence-corrected chi connectivity index (χ2v) is 4.84. The zero-order valence-corrected chi connectivity index (χ0v) is 11.1. The number of rotatable bonds is 2. The summed E-state index contributed by atoms with van der Waals surface area (Å²) in [6.07, 6.45) is 0. The molecule has 16 heavy (non-hydrogen) atoms. The fourth-order valence-corrected chi connectivity index (χ4v) is 2.21. The highest BCUT2D eigenvalue weighted by atomic mass is 79.9. The maximum absolute atomic E-state index is 8.91. The van der Waals surface area contributed by atoms with Crippen LogP contribution in [0.5, 0.6) is 0 Å². The molecule has 2 rings (SSSR count). The Morgan fingerprint density at radius 1 is 1.19 bits per heavy atom. The standard InChI is InChI=1S/C11H7BrCl2O2/c12-8-4-9(13)7(3-10(8)14)11-2-1-6(5-15)16-11/h1-4,15H,5H2. The van der Waals surface area contributed by atoms with Crippen molar-refractivity contribution in [2.24, 2.45) is 0 Å². The molecule has 5 heteroatoms. The molecule has 0 aliphatic heterocycles. The second kappa shape index (κ2) is 4.80. The maximum Gasteiger partial charge on any atom is 0.135 e. The average Bonchev–Trinajstić information content (AvgIpc) is 2.71.